The number of nitrogens with zero attached hydrogens (tertiary/aromatic N) is 2. The normalized spacial score (nSPS) is 12.1. The van der Waals surface area contributed by atoms with Gasteiger partial charge in [-0.1, -0.05) is 30.3 Å². The van der Waals surface area contributed by atoms with Crippen LogP contribution >= 0.6 is 11.6 Å². The summed E-state index contributed by atoms with van der Waals surface area (Å²) in [6, 6.07) is 6.05. The molecule has 1 rings (SSSR count). The zero-order chi connectivity index (χ0) is 18.3. The lowest BCUT2D eigenvalue weighted by Crippen LogP contribution is -2.31. The molecule has 132 valence electrons. The van der Waals surface area contributed by atoms with Gasteiger partial charge < -0.3 is 9.80 Å². The Morgan fingerprint density at radius 1 is 1.25 bits per heavy atom. The van der Waals surface area contributed by atoms with Gasteiger partial charge in [-0.3, -0.25) is 0 Å². The van der Waals surface area contributed by atoms with Gasteiger partial charge >= 0.3 is 0 Å². The fourth-order valence-corrected chi connectivity index (χ4v) is 2.92. The first-order chi connectivity index (χ1) is 11.3. The molecule has 0 aliphatic heterocycles. The van der Waals surface area contributed by atoms with Crippen molar-refractivity contribution >= 4 is 17.2 Å². The van der Waals surface area contributed by atoms with Crippen molar-refractivity contribution in [3.63, 3.8) is 0 Å². The molecule has 2 nitrogen and oxygen atoms in total. The van der Waals surface area contributed by atoms with Crippen LogP contribution in [0.1, 0.15) is 31.4 Å². The third-order valence-corrected chi connectivity index (χ3v) is 4.57. The second kappa shape index (κ2) is 9.71. The fraction of sp³-hybridized carbons (Fsp3) is 0.429. The molecule has 0 unspecified atom stereocenters. The third-order valence-electron chi connectivity index (χ3n) is 4.34. The van der Waals surface area contributed by atoms with Crippen LogP contribution in [-0.2, 0) is 0 Å². The van der Waals surface area contributed by atoms with E-state index < -0.39 is 0 Å². The highest BCUT2D eigenvalue weighted by molar-refractivity contribution is 6.30. The molecule has 0 heterocycles. The van der Waals surface area contributed by atoms with Crippen molar-refractivity contribution in [1.82, 2.24) is 9.80 Å². The molecule has 0 atom stereocenters. The van der Waals surface area contributed by atoms with E-state index in [0.717, 1.165) is 36.8 Å². The SMILES string of the molecule is C=CCC(=C(C)C(=C)N(CC)CCN(C)C)c1cc(Cl)ccc1C. The first kappa shape index (κ1) is 20.5. The molecule has 3 heteroatoms. The average Bonchev–Trinajstić information content (AvgIpc) is 2.54. The van der Waals surface area contributed by atoms with Gasteiger partial charge in [-0.2, -0.15) is 0 Å². The van der Waals surface area contributed by atoms with Crippen molar-refractivity contribution in [2.45, 2.75) is 27.2 Å². The van der Waals surface area contributed by atoms with Gasteiger partial charge in [0.25, 0.3) is 0 Å². The van der Waals surface area contributed by atoms with Gasteiger partial charge in [0.1, 0.15) is 0 Å². The summed E-state index contributed by atoms with van der Waals surface area (Å²) in [5.74, 6) is 0. The van der Waals surface area contributed by atoms with Crippen molar-refractivity contribution in [3.05, 3.63) is 64.9 Å². The molecule has 0 N–H and O–H groups in total. The molecule has 0 amide bonds. The predicted octanol–water partition coefficient (Wildman–Crippen LogP) is 5.40. The minimum absolute atomic E-state index is 0.760. The Balaban J connectivity index is 3.25. The summed E-state index contributed by atoms with van der Waals surface area (Å²) < 4.78 is 0. The number of hydrogen-bond donors (Lipinski definition) is 0. The van der Waals surface area contributed by atoms with Crippen LogP contribution in [-0.4, -0.2) is 43.5 Å². The lowest BCUT2D eigenvalue weighted by Gasteiger charge is -2.29. The maximum Gasteiger partial charge on any atom is 0.0412 e. The van der Waals surface area contributed by atoms with E-state index >= 15 is 0 Å². The van der Waals surface area contributed by atoms with Crippen LogP contribution in [0.2, 0.25) is 5.02 Å². The van der Waals surface area contributed by atoms with Crippen LogP contribution in [0.15, 0.2) is 48.7 Å². The van der Waals surface area contributed by atoms with Gasteiger partial charge in [-0.25, -0.2) is 0 Å². The summed E-state index contributed by atoms with van der Waals surface area (Å²) in [5, 5.41) is 0.760. The number of aryl methyl sites for hydroxylation is 1. The van der Waals surface area contributed by atoms with Gasteiger partial charge in [0, 0.05) is 30.4 Å². The number of rotatable bonds is 9. The Morgan fingerprint density at radius 3 is 2.46 bits per heavy atom. The second-order valence-electron chi connectivity index (χ2n) is 6.39. The zero-order valence-electron chi connectivity index (χ0n) is 15.8. The second-order valence-corrected chi connectivity index (χ2v) is 6.82. The third kappa shape index (κ3) is 5.54. The van der Waals surface area contributed by atoms with Crippen LogP contribution in [0.5, 0.6) is 0 Å². The highest BCUT2D eigenvalue weighted by Crippen LogP contribution is 2.31. The fourth-order valence-electron chi connectivity index (χ4n) is 2.74. The highest BCUT2D eigenvalue weighted by atomic mass is 35.5. The molecule has 0 aromatic heterocycles. The maximum absolute atomic E-state index is 6.23. The van der Waals surface area contributed by atoms with Gasteiger partial charge in [-0.05, 0) is 75.7 Å². The Hall–Kier alpha value is -1.51. The molecule has 0 aliphatic rings. The van der Waals surface area contributed by atoms with Crippen molar-refractivity contribution in [3.8, 4) is 0 Å². The van der Waals surface area contributed by atoms with Gasteiger partial charge in [-0.15, -0.1) is 6.58 Å². The number of likely N-dealkylation sites (N-methyl/N-ethyl adjacent to an activating group) is 2. The van der Waals surface area contributed by atoms with E-state index in [1.165, 1.54) is 22.3 Å². The van der Waals surface area contributed by atoms with E-state index in [1.54, 1.807) is 0 Å². The van der Waals surface area contributed by atoms with Crippen LogP contribution in [0.3, 0.4) is 0 Å². The maximum atomic E-state index is 6.23. The minimum atomic E-state index is 0.760. The molecule has 1 aromatic carbocycles. The Morgan fingerprint density at radius 2 is 1.92 bits per heavy atom. The smallest absolute Gasteiger partial charge is 0.0412 e. The standard InChI is InChI=1S/C21H31ClN2/c1-8-10-20(21-15-19(22)12-11-16(21)3)17(4)18(5)24(9-2)14-13-23(6)7/h8,11-12,15H,1,5,9-10,13-14H2,2-4,6-7H3. The topological polar surface area (TPSA) is 6.48 Å². The number of allylic oxidation sites excluding steroid dienone is 3. The Labute approximate surface area is 153 Å². The summed E-state index contributed by atoms with van der Waals surface area (Å²) in [6.45, 7) is 17.7. The first-order valence-electron chi connectivity index (χ1n) is 8.47. The van der Waals surface area contributed by atoms with Crippen LogP contribution in [0.4, 0.5) is 0 Å². The van der Waals surface area contributed by atoms with Crippen molar-refractivity contribution < 1.29 is 0 Å². The molecule has 24 heavy (non-hydrogen) atoms. The molecule has 1 aromatic rings. The summed E-state index contributed by atoms with van der Waals surface area (Å²) in [5.41, 5.74) is 5.94. The Kier molecular flexibility index (Phi) is 8.30. The van der Waals surface area contributed by atoms with E-state index in [4.69, 9.17) is 11.6 Å². The van der Waals surface area contributed by atoms with Gasteiger partial charge in [0.2, 0.25) is 0 Å². The van der Waals surface area contributed by atoms with Crippen molar-refractivity contribution in [2.24, 2.45) is 0 Å². The Bertz CT molecular complexity index is 614. The summed E-state index contributed by atoms with van der Waals surface area (Å²) in [7, 11) is 4.19. The predicted molar refractivity (Wildman–Crippen MR) is 109 cm³/mol. The highest BCUT2D eigenvalue weighted by Gasteiger charge is 2.14. The lowest BCUT2D eigenvalue weighted by atomic mass is 9.92. The summed E-state index contributed by atoms with van der Waals surface area (Å²) in [4.78, 5) is 4.53. The zero-order valence-corrected chi connectivity index (χ0v) is 16.6. The van der Waals surface area contributed by atoms with E-state index in [1.807, 2.05) is 18.2 Å². The van der Waals surface area contributed by atoms with Crippen molar-refractivity contribution in [1.29, 1.82) is 0 Å². The molecule has 0 bridgehead atoms. The van der Waals surface area contributed by atoms with E-state index in [9.17, 15) is 0 Å². The number of halogens is 1. The summed E-state index contributed by atoms with van der Waals surface area (Å²) in [6.07, 6.45) is 2.75. The molecule has 0 spiro atoms. The molecular formula is C21H31ClN2. The quantitative estimate of drug-likeness (QED) is 0.436. The van der Waals surface area contributed by atoms with E-state index in [-0.39, 0.29) is 0 Å². The minimum Gasteiger partial charge on any atom is -0.371 e. The number of benzene rings is 1. The van der Waals surface area contributed by atoms with E-state index in [2.05, 4.69) is 63.9 Å². The van der Waals surface area contributed by atoms with Crippen molar-refractivity contribution in [2.75, 3.05) is 33.7 Å². The molecule has 0 saturated heterocycles. The monoisotopic (exact) mass is 346 g/mol. The van der Waals surface area contributed by atoms with Gasteiger partial charge in [0.05, 0.1) is 0 Å². The average molecular weight is 347 g/mol. The van der Waals surface area contributed by atoms with Crippen LogP contribution < -0.4 is 0 Å². The largest absolute Gasteiger partial charge is 0.371 e. The number of hydrogen-bond acceptors (Lipinski definition) is 2. The van der Waals surface area contributed by atoms with Gasteiger partial charge in [0.15, 0.2) is 0 Å². The molecule has 0 saturated carbocycles. The molecule has 0 fully saturated rings. The molecule has 0 radical (unpaired) electrons. The molecular weight excluding hydrogens is 316 g/mol. The summed E-state index contributed by atoms with van der Waals surface area (Å²) >= 11 is 6.23. The van der Waals surface area contributed by atoms with E-state index in [0.29, 0.717) is 0 Å². The van der Waals surface area contributed by atoms with Crippen LogP contribution in [0, 0.1) is 6.92 Å². The van der Waals surface area contributed by atoms with Crippen LogP contribution in [0.25, 0.3) is 5.57 Å². The first-order valence-corrected chi connectivity index (χ1v) is 8.85. The lowest BCUT2D eigenvalue weighted by molar-refractivity contribution is 0.303. The molecule has 0 aliphatic carbocycles.